The second kappa shape index (κ2) is 9.57. The Hall–Kier alpha value is -3.14. The molecule has 0 fully saturated rings. The number of hydrogen-bond acceptors (Lipinski definition) is 3. The number of amides is 1. The Morgan fingerprint density at radius 2 is 1.83 bits per heavy atom. The summed E-state index contributed by atoms with van der Waals surface area (Å²) in [6.07, 6.45) is 1.79. The van der Waals surface area contributed by atoms with E-state index in [1.54, 1.807) is 11.0 Å². The quantitative estimate of drug-likeness (QED) is 0.464. The first-order valence-corrected chi connectivity index (χ1v) is 10.3. The Balaban J connectivity index is 2.00. The van der Waals surface area contributed by atoms with Crippen molar-refractivity contribution in [3.8, 4) is 0 Å². The Bertz CT molecular complexity index is 942. The topological polar surface area (TPSA) is 46.6 Å². The number of ether oxygens (including phenoxy) is 1. The molecule has 0 bridgehead atoms. The molecule has 0 N–H and O–H groups in total. The number of esters is 1. The average molecular weight is 404 g/mol. The molecule has 0 spiro atoms. The van der Waals surface area contributed by atoms with Crippen LogP contribution >= 0.6 is 0 Å². The van der Waals surface area contributed by atoms with Crippen LogP contribution in [-0.2, 0) is 20.9 Å². The number of hydrogen-bond donors (Lipinski definition) is 0. The van der Waals surface area contributed by atoms with E-state index in [1.807, 2.05) is 49.4 Å². The van der Waals surface area contributed by atoms with E-state index >= 15 is 0 Å². The molecule has 0 saturated heterocycles. The maximum absolute atomic E-state index is 13.1. The largest absolute Gasteiger partial charge is 0.458 e. The van der Waals surface area contributed by atoms with Crippen LogP contribution in [0.3, 0.4) is 0 Å². The normalized spacial score (nSPS) is 16.7. The second-order valence-electron chi connectivity index (χ2n) is 7.93. The summed E-state index contributed by atoms with van der Waals surface area (Å²) in [6, 6.07) is 18.0. The van der Waals surface area contributed by atoms with Crippen molar-refractivity contribution in [3.63, 3.8) is 0 Å². The first-order valence-electron chi connectivity index (χ1n) is 10.3. The van der Waals surface area contributed by atoms with Gasteiger partial charge in [-0.05, 0) is 29.5 Å². The zero-order valence-corrected chi connectivity index (χ0v) is 17.9. The molecule has 1 aliphatic rings. The van der Waals surface area contributed by atoms with E-state index in [4.69, 9.17) is 4.74 Å². The molecule has 0 radical (unpaired) electrons. The molecule has 2 aromatic rings. The lowest BCUT2D eigenvalue weighted by Crippen LogP contribution is -2.38. The fourth-order valence-electron chi connectivity index (χ4n) is 3.84. The highest BCUT2D eigenvalue weighted by molar-refractivity contribution is 5.95. The van der Waals surface area contributed by atoms with Crippen molar-refractivity contribution in [1.29, 1.82) is 0 Å². The van der Waals surface area contributed by atoms with Crippen molar-refractivity contribution in [2.24, 2.45) is 0 Å². The molecular weight excluding hydrogens is 374 g/mol. The maximum atomic E-state index is 13.1. The van der Waals surface area contributed by atoms with E-state index in [0.29, 0.717) is 23.7 Å². The Kier molecular flexibility index (Phi) is 6.88. The van der Waals surface area contributed by atoms with Gasteiger partial charge in [0.1, 0.15) is 6.61 Å². The van der Waals surface area contributed by atoms with Gasteiger partial charge in [0.2, 0.25) is 5.91 Å². The van der Waals surface area contributed by atoms with Crippen molar-refractivity contribution in [2.75, 3.05) is 6.61 Å². The molecule has 156 valence electrons. The number of nitrogens with zero attached hydrogens (tertiary/aromatic N) is 1. The average Bonchev–Trinajstić information content (AvgIpc) is 2.75. The summed E-state index contributed by atoms with van der Waals surface area (Å²) in [4.78, 5) is 27.7. The fourth-order valence-corrected chi connectivity index (χ4v) is 3.84. The smallest absolute Gasteiger partial charge is 0.336 e. The van der Waals surface area contributed by atoms with Crippen LogP contribution in [0.4, 0.5) is 0 Å². The molecule has 4 heteroatoms. The van der Waals surface area contributed by atoms with E-state index in [-0.39, 0.29) is 24.9 Å². The van der Waals surface area contributed by atoms with E-state index in [1.165, 1.54) is 5.56 Å². The standard InChI is InChI=1S/C26H29NO3/c1-5-15-30-26(29)25-19(4)27(17-20-9-7-6-8-10-20)24(28)16-23(25)22-13-11-21(12-14-22)18(2)3/h5-14,18,23H,1,15-17H2,2-4H3. The molecule has 0 saturated carbocycles. The van der Waals surface area contributed by atoms with Gasteiger partial charge in [-0.3, -0.25) is 4.79 Å². The van der Waals surface area contributed by atoms with Gasteiger partial charge in [-0.25, -0.2) is 4.79 Å². The van der Waals surface area contributed by atoms with Crippen LogP contribution in [0, 0.1) is 0 Å². The van der Waals surface area contributed by atoms with Gasteiger partial charge >= 0.3 is 5.97 Å². The Labute approximate surface area is 178 Å². The molecular formula is C26H29NO3. The van der Waals surface area contributed by atoms with Gasteiger partial charge in [-0.2, -0.15) is 0 Å². The molecule has 1 aliphatic heterocycles. The molecule has 1 atom stereocenters. The molecule has 0 aliphatic carbocycles. The first-order chi connectivity index (χ1) is 14.4. The van der Waals surface area contributed by atoms with Crippen LogP contribution in [0.2, 0.25) is 0 Å². The van der Waals surface area contributed by atoms with Crippen LogP contribution in [-0.4, -0.2) is 23.4 Å². The molecule has 1 amide bonds. The summed E-state index contributed by atoms with van der Waals surface area (Å²) >= 11 is 0. The van der Waals surface area contributed by atoms with Gasteiger partial charge in [0.15, 0.2) is 0 Å². The summed E-state index contributed by atoms with van der Waals surface area (Å²) in [6.45, 7) is 10.3. The zero-order chi connectivity index (χ0) is 21.7. The lowest BCUT2D eigenvalue weighted by atomic mass is 9.83. The fraction of sp³-hybridized carbons (Fsp3) is 0.308. The van der Waals surface area contributed by atoms with E-state index < -0.39 is 5.97 Å². The second-order valence-corrected chi connectivity index (χ2v) is 7.93. The lowest BCUT2D eigenvalue weighted by molar-refractivity contribution is -0.139. The Morgan fingerprint density at radius 1 is 1.17 bits per heavy atom. The molecule has 0 aromatic heterocycles. The van der Waals surface area contributed by atoms with Crippen LogP contribution < -0.4 is 0 Å². The minimum atomic E-state index is -0.393. The summed E-state index contributed by atoms with van der Waals surface area (Å²) < 4.78 is 5.40. The monoisotopic (exact) mass is 403 g/mol. The lowest BCUT2D eigenvalue weighted by Gasteiger charge is -2.34. The molecule has 30 heavy (non-hydrogen) atoms. The van der Waals surface area contributed by atoms with E-state index in [2.05, 4.69) is 32.6 Å². The van der Waals surface area contributed by atoms with Gasteiger partial charge < -0.3 is 9.64 Å². The zero-order valence-electron chi connectivity index (χ0n) is 17.9. The summed E-state index contributed by atoms with van der Waals surface area (Å²) in [5, 5.41) is 0. The van der Waals surface area contributed by atoms with E-state index in [9.17, 15) is 9.59 Å². The molecule has 2 aromatic carbocycles. The van der Waals surface area contributed by atoms with E-state index in [0.717, 1.165) is 11.1 Å². The van der Waals surface area contributed by atoms with Crippen molar-refractivity contribution in [3.05, 3.63) is 95.2 Å². The summed E-state index contributed by atoms with van der Waals surface area (Å²) in [5.41, 5.74) is 4.40. The number of allylic oxidation sites excluding steroid dienone is 1. The van der Waals surface area contributed by atoms with Crippen LogP contribution in [0.1, 0.15) is 55.7 Å². The Morgan fingerprint density at radius 3 is 2.43 bits per heavy atom. The molecule has 4 nitrogen and oxygen atoms in total. The maximum Gasteiger partial charge on any atom is 0.336 e. The van der Waals surface area contributed by atoms with Crippen molar-refractivity contribution >= 4 is 11.9 Å². The minimum absolute atomic E-state index is 0.00885. The van der Waals surface area contributed by atoms with Gasteiger partial charge in [-0.1, -0.05) is 81.1 Å². The van der Waals surface area contributed by atoms with Crippen LogP contribution in [0.5, 0.6) is 0 Å². The first kappa shape index (κ1) is 21.6. The highest BCUT2D eigenvalue weighted by atomic mass is 16.5. The molecule has 3 rings (SSSR count). The minimum Gasteiger partial charge on any atom is -0.458 e. The van der Waals surface area contributed by atoms with Crippen molar-refractivity contribution < 1.29 is 14.3 Å². The summed E-state index contributed by atoms with van der Waals surface area (Å²) in [5.74, 6) is -0.281. The number of carbonyl (C=O) groups excluding carboxylic acids is 2. The predicted octanol–water partition coefficient (Wildman–Crippen LogP) is 5.33. The number of carbonyl (C=O) groups is 2. The number of rotatable bonds is 7. The third kappa shape index (κ3) is 4.70. The van der Waals surface area contributed by atoms with Gasteiger partial charge in [0.25, 0.3) is 0 Å². The molecule has 1 unspecified atom stereocenters. The van der Waals surface area contributed by atoms with Gasteiger partial charge in [-0.15, -0.1) is 0 Å². The molecule has 1 heterocycles. The van der Waals surface area contributed by atoms with Gasteiger partial charge in [0, 0.05) is 18.0 Å². The highest BCUT2D eigenvalue weighted by Gasteiger charge is 2.36. The third-order valence-corrected chi connectivity index (χ3v) is 5.56. The highest BCUT2D eigenvalue weighted by Crippen LogP contribution is 2.38. The summed E-state index contributed by atoms with van der Waals surface area (Å²) in [7, 11) is 0. The predicted molar refractivity (Wildman–Crippen MR) is 119 cm³/mol. The van der Waals surface area contributed by atoms with Crippen molar-refractivity contribution in [2.45, 2.75) is 45.6 Å². The van der Waals surface area contributed by atoms with Gasteiger partial charge in [0.05, 0.1) is 12.1 Å². The van der Waals surface area contributed by atoms with Crippen LogP contribution in [0.25, 0.3) is 0 Å². The van der Waals surface area contributed by atoms with Crippen molar-refractivity contribution in [1.82, 2.24) is 4.90 Å². The van der Waals surface area contributed by atoms with Crippen LogP contribution in [0.15, 0.2) is 78.5 Å². The number of benzene rings is 2. The SMILES string of the molecule is C=CCOC(=O)C1=C(C)N(Cc2ccccc2)C(=O)CC1c1ccc(C(C)C)cc1. The third-order valence-electron chi connectivity index (χ3n) is 5.56.